The summed E-state index contributed by atoms with van der Waals surface area (Å²) in [7, 11) is 0. The number of rotatable bonds is 0. The summed E-state index contributed by atoms with van der Waals surface area (Å²) in [6.45, 7) is 0. The number of benzene rings is 2. The Hall–Kier alpha value is -1.23. The van der Waals surface area contributed by atoms with Crippen molar-refractivity contribution in [1.82, 2.24) is 0 Å². The maximum atomic E-state index is 11.7. The highest BCUT2D eigenvalue weighted by atomic mass is 127. The number of phenols is 1. The minimum Gasteiger partial charge on any atom is -0.507 e. The van der Waals surface area contributed by atoms with Crippen LogP contribution in [0.25, 0.3) is 22.3 Å². The van der Waals surface area contributed by atoms with Crippen LogP contribution in [0.15, 0.2) is 48.4 Å². The topological polar surface area (TPSA) is 76.7 Å². The number of hydrogen-bond donors (Lipinski definition) is 1. The molecule has 0 bridgehead atoms. The summed E-state index contributed by atoms with van der Waals surface area (Å²) in [5, 5.41) is 9.80. The number of phenolic OH excluding ortho intramolecular Hbond substituents is 1. The van der Waals surface area contributed by atoms with Crippen LogP contribution in [-0.2, 0) is 0 Å². The van der Waals surface area contributed by atoms with Crippen molar-refractivity contribution < 1.29 is 18.4 Å². The van der Waals surface area contributed by atoms with Gasteiger partial charge < -0.3 is 18.4 Å². The highest BCUT2D eigenvalue weighted by Gasteiger charge is 2.13. The van der Waals surface area contributed by atoms with E-state index < -0.39 is 5.82 Å². The Morgan fingerprint density at radius 1 is 0.950 bits per heavy atom. The lowest BCUT2D eigenvalue weighted by molar-refractivity contribution is 0.366. The maximum Gasteiger partial charge on any atom is 0.519 e. The Morgan fingerprint density at radius 2 is 1.60 bits per heavy atom. The van der Waals surface area contributed by atoms with Gasteiger partial charge in [0.05, 0.1) is 3.57 Å². The average Bonchev–Trinajstić information content (AvgIpc) is 2.39. The van der Waals surface area contributed by atoms with E-state index in [2.05, 4.69) is 0 Å². The minimum atomic E-state index is -0.874. The molecular formula is C13H6I2O5. The zero-order valence-corrected chi connectivity index (χ0v) is 14.0. The van der Waals surface area contributed by atoms with Crippen molar-refractivity contribution in [1.29, 1.82) is 0 Å². The zero-order chi connectivity index (χ0) is 14.3. The van der Waals surface area contributed by atoms with Crippen LogP contribution in [-0.4, -0.2) is 5.11 Å². The molecule has 2 aromatic carbocycles. The highest BCUT2D eigenvalue weighted by Crippen LogP contribution is 2.32. The van der Waals surface area contributed by atoms with Gasteiger partial charge in [-0.15, -0.1) is 0 Å². The molecule has 0 aliphatic heterocycles. The molecule has 0 aliphatic rings. The molecule has 0 unspecified atom stereocenters. The zero-order valence-electron chi connectivity index (χ0n) is 9.72. The molecule has 0 amide bonds. The van der Waals surface area contributed by atoms with Gasteiger partial charge in [0.25, 0.3) is 0 Å². The van der Waals surface area contributed by atoms with E-state index in [1.165, 1.54) is 0 Å². The van der Waals surface area contributed by atoms with E-state index in [4.69, 9.17) is 13.3 Å². The van der Waals surface area contributed by atoms with Gasteiger partial charge in [0, 0.05) is 0 Å². The van der Waals surface area contributed by atoms with Gasteiger partial charge in [-0.05, 0) is 63.4 Å². The molecule has 0 spiro atoms. The minimum absolute atomic E-state index is 0.0130. The first kappa shape index (κ1) is 13.7. The summed E-state index contributed by atoms with van der Waals surface area (Å²) < 4.78 is 17.0. The third-order valence-electron chi connectivity index (χ3n) is 2.55. The Labute approximate surface area is 139 Å². The van der Waals surface area contributed by atoms with Crippen molar-refractivity contribution in [3.05, 3.63) is 48.1 Å². The van der Waals surface area contributed by atoms with Gasteiger partial charge >= 0.3 is 5.82 Å². The van der Waals surface area contributed by atoms with Gasteiger partial charge in [-0.25, -0.2) is 4.79 Å². The molecule has 20 heavy (non-hydrogen) atoms. The summed E-state index contributed by atoms with van der Waals surface area (Å²) in [5.41, 5.74) is 1.21. The predicted octanol–water partition coefficient (Wildman–Crippen LogP) is 4.17. The van der Waals surface area contributed by atoms with Crippen LogP contribution in [0.3, 0.4) is 0 Å². The van der Waals surface area contributed by atoms with Crippen LogP contribution in [0.2, 0.25) is 0 Å². The highest BCUT2D eigenvalue weighted by molar-refractivity contribution is 14.1. The molecule has 0 atom stereocenters. The van der Waals surface area contributed by atoms with Crippen LogP contribution >= 0.6 is 45.2 Å². The lowest BCUT2D eigenvalue weighted by atomic mass is 10.3. The largest absolute Gasteiger partial charge is 0.519 e. The van der Waals surface area contributed by atoms with E-state index in [-0.39, 0.29) is 16.9 Å². The normalized spacial score (nSPS) is 10.9. The van der Waals surface area contributed by atoms with Crippen LogP contribution in [0, 0.1) is 7.14 Å². The summed E-state index contributed by atoms with van der Waals surface area (Å²) in [6, 6.07) is 8.34. The quantitative estimate of drug-likeness (QED) is 0.474. The van der Waals surface area contributed by atoms with Crippen LogP contribution in [0.5, 0.6) is 5.75 Å². The van der Waals surface area contributed by atoms with Gasteiger partial charge in [0.2, 0.25) is 0 Å². The number of aromatic hydroxyl groups is 1. The Morgan fingerprint density at radius 3 is 2.30 bits per heavy atom. The monoisotopic (exact) mass is 496 g/mol. The SMILES string of the molecule is O=c1oc2ccccc2oc2c(I)cc(O)c(I)c2o1. The molecule has 5 nitrogen and oxygen atoms in total. The molecule has 7 heteroatoms. The Balaban J connectivity index is 2.65. The molecule has 3 rings (SSSR count). The fourth-order valence-electron chi connectivity index (χ4n) is 1.68. The summed E-state index contributed by atoms with van der Waals surface area (Å²) in [6.07, 6.45) is 0. The second-order valence-electron chi connectivity index (χ2n) is 3.85. The lowest BCUT2D eigenvalue weighted by Crippen LogP contribution is -1.95. The van der Waals surface area contributed by atoms with Gasteiger partial charge in [-0.1, -0.05) is 12.1 Å². The summed E-state index contributed by atoms with van der Waals surface area (Å²) in [4.78, 5) is 11.7. The van der Waals surface area contributed by atoms with Gasteiger partial charge in [0.1, 0.15) is 9.32 Å². The summed E-state index contributed by atoms with van der Waals surface area (Å²) in [5.74, 6) is -0.861. The number of para-hydroxylation sites is 2. The van der Waals surface area contributed by atoms with E-state index in [0.29, 0.717) is 18.3 Å². The molecule has 0 saturated heterocycles. The van der Waals surface area contributed by atoms with Crippen molar-refractivity contribution in [3.8, 4) is 5.75 Å². The van der Waals surface area contributed by atoms with E-state index in [1.807, 2.05) is 45.2 Å². The van der Waals surface area contributed by atoms with Crippen molar-refractivity contribution >= 4 is 67.5 Å². The lowest BCUT2D eigenvalue weighted by Gasteiger charge is -2.02. The van der Waals surface area contributed by atoms with Crippen LogP contribution in [0.1, 0.15) is 0 Å². The van der Waals surface area contributed by atoms with Gasteiger partial charge in [-0.3, -0.25) is 0 Å². The van der Waals surface area contributed by atoms with E-state index >= 15 is 0 Å². The van der Waals surface area contributed by atoms with E-state index in [1.54, 1.807) is 30.3 Å². The molecule has 0 fully saturated rings. The van der Waals surface area contributed by atoms with Crippen molar-refractivity contribution in [2.75, 3.05) is 0 Å². The molecule has 1 aromatic heterocycles. The molecular weight excluding hydrogens is 490 g/mol. The van der Waals surface area contributed by atoms with Crippen LogP contribution < -0.4 is 5.82 Å². The molecule has 1 N–H and O–H groups in total. The van der Waals surface area contributed by atoms with Crippen LogP contribution in [0.4, 0.5) is 0 Å². The third kappa shape index (κ3) is 2.39. The fourth-order valence-corrected chi connectivity index (χ4v) is 2.84. The first-order chi connectivity index (χ1) is 9.56. The third-order valence-corrected chi connectivity index (χ3v) is 4.39. The number of hydrogen-bond acceptors (Lipinski definition) is 5. The predicted molar refractivity (Wildman–Crippen MR) is 89.2 cm³/mol. The molecule has 1 heterocycles. The molecule has 102 valence electrons. The Kier molecular flexibility index (Phi) is 3.63. The van der Waals surface area contributed by atoms with Crippen molar-refractivity contribution in [2.24, 2.45) is 0 Å². The van der Waals surface area contributed by atoms with E-state index in [9.17, 15) is 9.90 Å². The first-order valence-electron chi connectivity index (χ1n) is 5.44. The van der Waals surface area contributed by atoms with Crippen molar-refractivity contribution in [2.45, 2.75) is 0 Å². The summed E-state index contributed by atoms with van der Waals surface area (Å²) >= 11 is 3.88. The standard InChI is InChI=1S/C13H6I2O5/c14-6-5-7(16)10(15)12-11(6)18-8-3-1-2-4-9(8)19-13(17)20-12/h1-5,16H. The number of fused-ring (bicyclic) bond motifs is 2. The molecule has 3 aromatic rings. The molecule has 0 radical (unpaired) electrons. The average molecular weight is 496 g/mol. The second-order valence-corrected chi connectivity index (χ2v) is 6.09. The van der Waals surface area contributed by atoms with Gasteiger partial charge in [0.15, 0.2) is 22.3 Å². The molecule has 0 aliphatic carbocycles. The second kappa shape index (κ2) is 5.28. The molecule has 0 saturated carbocycles. The van der Waals surface area contributed by atoms with Crippen molar-refractivity contribution in [3.63, 3.8) is 0 Å². The maximum absolute atomic E-state index is 11.7. The smallest absolute Gasteiger partial charge is 0.507 e. The number of halogens is 2. The Bertz CT molecular complexity index is 918. The van der Waals surface area contributed by atoms with E-state index in [0.717, 1.165) is 0 Å². The first-order valence-corrected chi connectivity index (χ1v) is 7.59. The fraction of sp³-hybridized carbons (Fsp3) is 0. The van der Waals surface area contributed by atoms with Gasteiger partial charge in [-0.2, -0.15) is 0 Å².